The van der Waals surface area contributed by atoms with Gasteiger partial charge in [0.25, 0.3) is 0 Å². The summed E-state index contributed by atoms with van der Waals surface area (Å²) in [5.74, 6) is 0.765. The Kier molecular flexibility index (Phi) is 3.69. The van der Waals surface area contributed by atoms with Crippen molar-refractivity contribution < 1.29 is 13.5 Å². The lowest BCUT2D eigenvalue weighted by atomic mass is 10.1. The van der Waals surface area contributed by atoms with Crippen LogP contribution >= 0.6 is 0 Å². The molecule has 0 saturated carbocycles. The van der Waals surface area contributed by atoms with E-state index in [4.69, 9.17) is 0 Å². The van der Waals surface area contributed by atoms with Crippen LogP contribution in [0.25, 0.3) is 0 Å². The lowest BCUT2D eigenvalue weighted by Gasteiger charge is -2.23. The monoisotopic (exact) mass is 255 g/mol. The molecule has 0 aromatic heterocycles. The second-order valence-corrected chi connectivity index (χ2v) is 6.69. The summed E-state index contributed by atoms with van der Waals surface area (Å²) in [7, 11) is -2.87. The van der Waals surface area contributed by atoms with Crippen LogP contribution in [0, 0.1) is 0 Å². The highest BCUT2D eigenvalue weighted by atomic mass is 32.2. The van der Waals surface area contributed by atoms with E-state index < -0.39 is 9.84 Å². The molecule has 1 fully saturated rings. The van der Waals surface area contributed by atoms with E-state index in [-0.39, 0.29) is 17.5 Å². The van der Waals surface area contributed by atoms with Crippen molar-refractivity contribution in [1.82, 2.24) is 5.32 Å². The number of benzene rings is 1. The highest BCUT2D eigenvalue weighted by molar-refractivity contribution is 7.91. The summed E-state index contributed by atoms with van der Waals surface area (Å²) in [6.07, 6.45) is 1.60. The molecule has 0 spiro atoms. The number of hydrogen-bond donors (Lipinski definition) is 2. The minimum absolute atomic E-state index is 0.00774. The zero-order valence-electron chi connectivity index (χ0n) is 9.59. The first kappa shape index (κ1) is 12.4. The molecule has 0 bridgehead atoms. The Balaban J connectivity index is 1.93. The highest BCUT2D eigenvalue weighted by Crippen LogP contribution is 2.17. The first-order valence-electron chi connectivity index (χ1n) is 5.77. The van der Waals surface area contributed by atoms with Gasteiger partial charge in [0.05, 0.1) is 11.5 Å². The van der Waals surface area contributed by atoms with Gasteiger partial charge >= 0.3 is 0 Å². The molecule has 17 heavy (non-hydrogen) atoms. The smallest absolute Gasteiger partial charge is 0.151 e. The Morgan fingerprint density at radius 2 is 2.12 bits per heavy atom. The van der Waals surface area contributed by atoms with Gasteiger partial charge in [-0.05, 0) is 18.9 Å². The van der Waals surface area contributed by atoms with Crippen LogP contribution in [0.15, 0.2) is 24.3 Å². The van der Waals surface area contributed by atoms with E-state index in [0.717, 1.165) is 18.4 Å². The number of hydrogen-bond acceptors (Lipinski definition) is 4. The fraction of sp³-hybridized carbons (Fsp3) is 0.500. The van der Waals surface area contributed by atoms with Gasteiger partial charge in [0, 0.05) is 18.2 Å². The molecule has 5 heteroatoms. The van der Waals surface area contributed by atoms with Gasteiger partial charge in [-0.15, -0.1) is 0 Å². The van der Waals surface area contributed by atoms with Gasteiger partial charge in [-0.25, -0.2) is 8.42 Å². The summed E-state index contributed by atoms with van der Waals surface area (Å²) in [5, 5.41) is 12.8. The average Bonchev–Trinajstić information content (AvgIpc) is 2.27. The van der Waals surface area contributed by atoms with Crippen molar-refractivity contribution >= 4 is 9.84 Å². The molecule has 1 aromatic carbocycles. The van der Waals surface area contributed by atoms with Crippen LogP contribution in [-0.2, 0) is 16.4 Å². The largest absolute Gasteiger partial charge is 0.508 e. The minimum atomic E-state index is -2.87. The SMILES string of the molecule is O=S1(=O)CCCC(NCc2ccccc2O)C1. The fourth-order valence-corrected chi connectivity index (χ4v) is 3.77. The summed E-state index contributed by atoms with van der Waals surface area (Å²) < 4.78 is 22.9. The molecular formula is C12H17NO3S. The summed E-state index contributed by atoms with van der Waals surface area (Å²) >= 11 is 0. The van der Waals surface area contributed by atoms with Crippen molar-refractivity contribution in [2.24, 2.45) is 0 Å². The van der Waals surface area contributed by atoms with Crippen LogP contribution < -0.4 is 5.32 Å². The zero-order chi connectivity index (χ0) is 12.3. The molecule has 94 valence electrons. The molecule has 1 aromatic rings. The Labute approximate surface area is 102 Å². The standard InChI is InChI=1S/C12H17NO3S/c14-12-6-2-1-4-10(12)8-13-11-5-3-7-17(15,16)9-11/h1-2,4,6,11,13-14H,3,5,7-9H2. The van der Waals surface area contributed by atoms with Gasteiger partial charge in [-0.2, -0.15) is 0 Å². The molecule has 0 radical (unpaired) electrons. The van der Waals surface area contributed by atoms with Gasteiger partial charge in [0.2, 0.25) is 0 Å². The maximum atomic E-state index is 11.4. The van der Waals surface area contributed by atoms with Crippen molar-refractivity contribution in [3.63, 3.8) is 0 Å². The summed E-state index contributed by atoms with van der Waals surface area (Å²) in [6, 6.07) is 7.10. The third-order valence-corrected chi connectivity index (χ3v) is 4.86. The number of aromatic hydroxyl groups is 1. The Hall–Kier alpha value is -1.07. The van der Waals surface area contributed by atoms with Crippen molar-refractivity contribution in [2.45, 2.75) is 25.4 Å². The summed E-state index contributed by atoms with van der Waals surface area (Å²) in [5.41, 5.74) is 0.801. The number of sulfone groups is 1. The maximum absolute atomic E-state index is 11.4. The third-order valence-electron chi connectivity index (χ3n) is 3.04. The van der Waals surface area contributed by atoms with Crippen LogP contribution in [0.3, 0.4) is 0 Å². The molecule has 2 N–H and O–H groups in total. The van der Waals surface area contributed by atoms with E-state index >= 15 is 0 Å². The molecular weight excluding hydrogens is 238 g/mol. The summed E-state index contributed by atoms with van der Waals surface area (Å²) in [6.45, 7) is 0.507. The number of nitrogens with one attached hydrogen (secondary N) is 1. The molecule has 1 aliphatic rings. The predicted octanol–water partition coefficient (Wildman–Crippen LogP) is 1.06. The normalized spacial score (nSPS) is 23.4. The second kappa shape index (κ2) is 5.06. The predicted molar refractivity (Wildman–Crippen MR) is 66.6 cm³/mol. The third kappa shape index (κ3) is 3.44. The van der Waals surface area contributed by atoms with Gasteiger partial charge in [0.1, 0.15) is 5.75 Å². The van der Waals surface area contributed by atoms with Crippen molar-refractivity contribution in [1.29, 1.82) is 0 Å². The van der Waals surface area contributed by atoms with Crippen LogP contribution in [0.1, 0.15) is 18.4 Å². The average molecular weight is 255 g/mol. The quantitative estimate of drug-likeness (QED) is 0.847. The molecule has 0 amide bonds. The number of phenols is 1. The van der Waals surface area contributed by atoms with Crippen LogP contribution in [0.4, 0.5) is 0 Å². The van der Waals surface area contributed by atoms with Crippen molar-refractivity contribution in [3.05, 3.63) is 29.8 Å². The lowest BCUT2D eigenvalue weighted by molar-refractivity contribution is 0.449. The van der Waals surface area contributed by atoms with Gasteiger partial charge < -0.3 is 10.4 Å². The van der Waals surface area contributed by atoms with Gasteiger partial charge in [0.15, 0.2) is 9.84 Å². The Morgan fingerprint density at radius 3 is 2.82 bits per heavy atom. The molecule has 2 rings (SSSR count). The van der Waals surface area contributed by atoms with Crippen LogP contribution in [0.2, 0.25) is 0 Å². The van der Waals surface area contributed by atoms with E-state index in [1.807, 2.05) is 12.1 Å². The van der Waals surface area contributed by atoms with Gasteiger partial charge in [-0.3, -0.25) is 0 Å². The molecule has 4 nitrogen and oxygen atoms in total. The van der Waals surface area contributed by atoms with Crippen LogP contribution in [-0.4, -0.2) is 31.1 Å². The number of rotatable bonds is 3. The molecule has 1 aliphatic heterocycles. The fourth-order valence-electron chi connectivity index (χ4n) is 2.10. The van der Waals surface area contributed by atoms with Crippen molar-refractivity contribution in [2.75, 3.05) is 11.5 Å². The highest BCUT2D eigenvalue weighted by Gasteiger charge is 2.24. The first-order valence-corrected chi connectivity index (χ1v) is 7.60. The second-order valence-electron chi connectivity index (χ2n) is 4.46. The molecule has 1 heterocycles. The van der Waals surface area contributed by atoms with E-state index in [1.54, 1.807) is 12.1 Å². The minimum Gasteiger partial charge on any atom is -0.508 e. The summed E-state index contributed by atoms with van der Waals surface area (Å²) in [4.78, 5) is 0. The van der Waals surface area contributed by atoms with Crippen LogP contribution in [0.5, 0.6) is 5.75 Å². The number of phenolic OH excluding ortho intramolecular Hbond substituents is 1. The topological polar surface area (TPSA) is 66.4 Å². The Morgan fingerprint density at radius 1 is 1.35 bits per heavy atom. The molecule has 1 atom stereocenters. The zero-order valence-corrected chi connectivity index (χ0v) is 10.4. The molecule has 1 saturated heterocycles. The van der Waals surface area contributed by atoms with Crippen molar-refractivity contribution in [3.8, 4) is 5.75 Å². The molecule has 0 aliphatic carbocycles. The van der Waals surface area contributed by atoms with Gasteiger partial charge in [-0.1, -0.05) is 18.2 Å². The molecule has 1 unspecified atom stereocenters. The van der Waals surface area contributed by atoms with E-state index in [2.05, 4.69) is 5.32 Å². The van der Waals surface area contributed by atoms with E-state index in [9.17, 15) is 13.5 Å². The lowest BCUT2D eigenvalue weighted by Crippen LogP contribution is -2.39. The Bertz CT molecular complexity index is 484. The maximum Gasteiger partial charge on any atom is 0.151 e. The number of para-hydroxylation sites is 1. The van der Waals surface area contributed by atoms with E-state index in [0.29, 0.717) is 12.3 Å². The van der Waals surface area contributed by atoms with E-state index in [1.165, 1.54) is 0 Å². The first-order chi connectivity index (χ1) is 8.07.